The maximum absolute atomic E-state index is 11.8. The molecule has 0 saturated carbocycles. The number of ketones is 1. The van der Waals surface area contributed by atoms with Crippen LogP contribution < -0.4 is 10.6 Å². The molecule has 6 heteroatoms. The predicted octanol–water partition coefficient (Wildman–Crippen LogP) is 3.32. The van der Waals surface area contributed by atoms with E-state index in [1.54, 1.807) is 36.4 Å². The summed E-state index contributed by atoms with van der Waals surface area (Å²) in [5.41, 5.74) is 1.30. The van der Waals surface area contributed by atoms with Crippen LogP contribution in [-0.4, -0.2) is 16.8 Å². The van der Waals surface area contributed by atoms with Crippen LogP contribution in [0.15, 0.2) is 46.9 Å². The Kier molecular flexibility index (Phi) is 5.43. The van der Waals surface area contributed by atoms with Gasteiger partial charge < -0.3 is 9.73 Å². The number of benzene rings is 1. The maximum Gasteiger partial charge on any atom is 0.250 e. The highest BCUT2D eigenvalue weighted by Gasteiger charge is 2.03. The number of carbonyl (C=O) groups excluding carboxylic acids is 2. The third-order valence-electron chi connectivity index (χ3n) is 2.95. The summed E-state index contributed by atoms with van der Waals surface area (Å²) < 4.78 is 5.32. The van der Waals surface area contributed by atoms with Crippen LogP contribution in [-0.2, 0) is 4.79 Å². The smallest absolute Gasteiger partial charge is 0.250 e. The molecule has 0 saturated heterocycles. The molecule has 0 fully saturated rings. The van der Waals surface area contributed by atoms with Gasteiger partial charge in [0.25, 0.3) is 0 Å². The highest BCUT2D eigenvalue weighted by Crippen LogP contribution is 2.10. The van der Waals surface area contributed by atoms with E-state index in [2.05, 4.69) is 10.6 Å². The summed E-state index contributed by atoms with van der Waals surface area (Å²) in [6.45, 7) is 3.33. The Balaban J connectivity index is 1.87. The molecule has 2 N–H and O–H groups in total. The highest BCUT2D eigenvalue weighted by molar-refractivity contribution is 7.80. The summed E-state index contributed by atoms with van der Waals surface area (Å²) in [5, 5.41) is 5.57. The molecular formula is C17H16N2O3S. The van der Waals surface area contributed by atoms with Crippen molar-refractivity contribution < 1.29 is 14.0 Å². The quantitative estimate of drug-likeness (QED) is 0.512. The van der Waals surface area contributed by atoms with E-state index in [1.165, 1.54) is 13.0 Å². The lowest BCUT2D eigenvalue weighted by molar-refractivity contribution is -0.115. The summed E-state index contributed by atoms with van der Waals surface area (Å²) in [7, 11) is 0. The Labute approximate surface area is 139 Å². The number of Topliss-reactive ketones (excluding diaryl/α,β-unsaturated/α-hetero) is 1. The van der Waals surface area contributed by atoms with Gasteiger partial charge in [-0.05, 0) is 68.5 Å². The fraction of sp³-hybridized carbons (Fsp3) is 0.118. The molecule has 2 rings (SSSR count). The third kappa shape index (κ3) is 5.19. The Bertz CT molecular complexity index is 760. The molecule has 118 valence electrons. The second kappa shape index (κ2) is 7.51. The van der Waals surface area contributed by atoms with Crippen LogP contribution in [0.2, 0.25) is 0 Å². The number of aryl methyl sites for hydroxylation is 1. The molecule has 0 bridgehead atoms. The van der Waals surface area contributed by atoms with Gasteiger partial charge >= 0.3 is 0 Å². The average Bonchev–Trinajstić information content (AvgIpc) is 2.91. The number of carbonyl (C=O) groups is 2. The molecule has 1 amide bonds. The van der Waals surface area contributed by atoms with Crippen molar-refractivity contribution in [1.29, 1.82) is 0 Å². The fourth-order valence-corrected chi connectivity index (χ4v) is 2.02. The minimum atomic E-state index is -0.364. The van der Waals surface area contributed by atoms with Crippen LogP contribution in [0.3, 0.4) is 0 Å². The van der Waals surface area contributed by atoms with E-state index >= 15 is 0 Å². The molecule has 2 aromatic rings. The van der Waals surface area contributed by atoms with E-state index in [4.69, 9.17) is 16.6 Å². The Morgan fingerprint density at radius 1 is 1.13 bits per heavy atom. The average molecular weight is 328 g/mol. The van der Waals surface area contributed by atoms with Gasteiger partial charge in [0.05, 0.1) is 0 Å². The van der Waals surface area contributed by atoms with Crippen LogP contribution in [0, 0.1) is 6.92 Å². The number of anilines is 1. The van der Waals surface area contributed by atoms with Crippen molar-refractivity contribution in [3.8, 4) is 0 Å². The third-order valence-corrected chi connectivity index (χ3v) is 3.15. The molecule has 5 nitrogen and oxygen atoms in total. The zero-order chi connectivity index (χ0) is 16.8. The van der Waals surface area contributed by atoms with Gasteiger partial charge in [-0.15, -0.1) is 0 Å². The van der Waals surface area contributed by atoms with Crippen molar-refractivity contribution >= 4 is 40.8 Å². The van der Waals surface area contributed by atoms with Crippen LogP contribution in [0.25, 0.3) is 6.08 Å². The molecular weight excluding hydrogens is 312 g/mol. The van der Waals surface area contributed by atoms with Gasteiger partial charge in [-0.2, -0.15) is 0 Å². The van der Waals surface area contributed by atoms with Crippen molar-refractivity contribution in [3.05, 3.63) is 59.6 Å². The molecule has 0 aliphatic carbocycles. The molecule has 23 heavy (non-hydrogen) atoms. The number of furan rings is 1. The lowest BCUT2D eigenvalue weighted by Gasteiger charge is -2.08. The minimum Gasteiger partial charge on any atom is -0.462 e. The van der Waals surface area contributed by atoms with Gasteiger partial charge in [0.1, 0.15) is 11.5 Å². The van der Waals surface area contributed by atoms with Gasteiger partial charge in [0.15, 0.2) is 10.9 Å². The van der Waals surface area contributed by atoms with E-state index in [0.29, 0.717) is 17.0 Å². The number of thiocarbonyl (C=S) groups is 1. The lowest BCUT2D eigenvalue weighted by Crippen LogP contribution is -2.32. The first-order valence-corrected chi connectivity index (χ1v) is 7.32. The molecule has 0 unspecified atom stereocenters. The van der Waals surface area contributed by atoms with E-state index in [9.17, 15) is 9.59 Å². The van der Waals surface area contributed by atoms with Crippen molar-refractivity contribution in [3.63, 3.8) is 0 Å². The Morgan fingerprint density at radius 3 is 2.39 bits per heavy atom. The predicted molar refractivity (Wildman–Crippen MR) is 93.3 cm³/mol. The molecule has 0 aliphatic heterocycles. The van der Waals surface area contributed by atoms with E-state index < -0.39 is 0 Å². The zero-order valence-corrected chi connectivity index (χ0v) is 13.6. The minimum absolute atomic E-state index is 0.00858. The summed E-state index contributed by atoms with van der Waals surface area (Å²) in [5.74, 6) is 0.996. The first-order chi connectivity index (χ1) is 10.9. The molecule has 1 aromatic heterocycles. The summed E-state index contributed by atoms with van der Waals surface area (Å²) in [4.78, 5) is 23.0. The van der Waals surface area contributed by atoms with Crippen LogP contribution in [0.1, 0.15) is 28.8 Å². The fourth-order valence-electron chi connectivity index (χ4n) is 1.80. The summed E-state index contributed by atoms with van der Waals surface area (Å²) in [6.07, 6.45) is 2.90. The second-order valence-electron chi connectivity index (χ2n) is 4.86. The Hall–Kier alpha value is -2.73. The van der Waals surface area contributed by atoms with E-state index in [0.717, 1.165) is 5.76 Å². The first kappa shape index (κ1) is 16.6. The van der Waals surface area contributed by atoms with E-state index in [1.807, 2.05) is 13.0 Å². The van der Waals surface area contributed by atoms with Crippen LogP contribution in [0.4, 0.5) is 5.69 Å². The van der Waals surface area contributed by atoms with Crippen molar-refractivity contribution in [2.75, 3.05) is 5.32 Å². The van der Waals surface area contributed by atoms with Crippen molar-refractivity contribution in [2.24, 2.45) is 0 Å². The molecule has 1 aromatic carbocycles. The summed E-state index contributed by atoms with van der Waals surface area (Å²) >= 11 is 5.06. The van der Waals surface area contributed by atoms with Crippen molar-refractivity contribution in [2.45, 2.75) is 13.8 Å². The first-order valence-electron chi connectivity index (χ1n) is 6.91. The molecule has 1 heterocycles. The Morgan fingerprint density at radius 2 is 1.83 bits per heavy atom. The molecule has 0 atom stereocenters. The van der Waals surface area contributed by atoms with Crippen LogP contribution >= 0.6 is 12.2 Å². The molecule has 0 radical (unpaired) electrons. The lowest BCUT2D eigenvalue weighted by atomic mass is 10.1. The normalized spacial score (nSPS) is 10.5. The van der Waals surface area contributed by atoms with Gasteiger partial charge in [-0.3, -0.25) is 14.9 Å². The van der Waals surface area contributed by atoms with Gasteiger partial charge in [0, 0.05) is 17.3 Å². The second-order valence-corrected chi connectivity index (χ2v) is 5.27. The van der Waals surface area contributed by atoms with Gasteiger partial charge in [-0.25, -0.2) is 0 Å². The van der Waals surface area contributed by atoms with Crippen molar-refractivity contribution in [1.82, 2.24) is 5.32 Å². The number of hydrogen-bond donors (Lipinski definition) is 2. The topological polar surface area (TPSA) is 71.3 Å². The van der Waals surface area contributed by atoms with Gasteiger partial charge in [0.2, 0.25) is 5.91 Å². The number of rotatable bonds is 4. The SMILES string of the molecule is CC(=O)c1ccc(NC(=S)NC(=O)/C=C/c2ccc(C)o2)cc1. The zero-order valence-electron chi connectivity index (χ0n) is 12.8. The maximum atomic E-state index is 11.8. The number of hydrogen-bond acceptors (Lipinski definition) is 4. The molecule has 0 aliphatic rings. The van der Waals surface area contributed by atoms with E-state index in [-0.39, 0.29) is 16.8 Å². The number of nitrogens with one attached hydrogen (secondary N) is 2. The molecule has 0 spiro atoms. The van der Waals surface area contributed by atoms with Gasteiger partial charge in [-0.1, -0.05) is 0 Å². The largest absolute Gasteiger partial charge is 0.462 e. The number of amides is 1. The standard InChI is InChI=1S/C17H16N2O3S/c1-11-3-8-15(22-11)9-10-16(21)19-17(23)18-14-6-4-13(5-7-14)12(2)20/h3-10H,1-2H3,(H2,18,19,21,23)/b10-9+. The monoisotopic (exact) mass is 328 g/mol. The summed E-state index contributed by atoms with van der Waals surface area (Å²) in [6, 6.07) is 10.4. The highest BCUT2D eigenvalue weighted by atomic mass is 32.1. The van der Waals surface area contributed by atoms with Crippen LogP contribution in [0.5, 0.6) is 0 Å².